The van der Waals surface area contributed by atoms with Gasteiger partial charge < -0.3 is 9.47 Å². The lowest BCUT2D eigenvalue weighted by Crippen LogP contribution is -2.41. The van der Waals surface area contributed by atoms with Gasteiger partial charge in [-0.25, -0.2) is 0 Å². The van der Waals surface area contributed by atoms with Gasteiger partial charge in [0, 0.05) is 19.1 Å². The fourth-order valence-electron chi connectivity index (χ4n) is 2.88. The molecule has 0 heterocycles. The number of ether oxygens (including phenoxy) is 2. The van der Waals surface area contributed by atoms with E-state index in [-0.39, 0.29) is 0 Å². The van der Waals surface area contributed by atoms with Crippen molar-refractivity contribution in [1.82, 2.24) is 0 Å². The number of hydrogen-bond donors (Lipinski definition) is 1. The van der Waals surface area contributed by atoms with E-state index in [0.717, 1.165) is 38.2 Å². The Morgan fingerprint density at radius 1 is 0.773 bits per heavy atom. The zero-order chi connectivity index (χ0) is 16.7. The Balaban J connectivity index is 4.40. The van der Waals surface area contributed by atoms with Gasteiger partial charge in [0.2, 0.25) is 0 Å². The zero-order valence-electron chi connectivity index (χ0n) is 15.5. The van der Waals surface area contributed by atoms with Gasteiger partial charge in [-0.3, -0.25) is 0 Å². The molecule has 0 aliphatic heterocycles. The minimum atomic E-state index is -0.432. The monoisotopic (exact) mass is 332 g/mol. The minimum Gasteiger partial charge on any atom is -0.350 e. The predicted octanol–water partition coefficient (Wildman–Crippen LogP) is 6.24. The molecule has 0 N–H and O–H groups in total. The normalized spacial score (nSPS) is 13.5. The lowest BCUT2D eigenvalue weighted by molar-refractivity contribution is -0.257. The highest BCUT2D eigenvalue weighted by molar-refractivity contribution is 7.80. The van der Waals surface area contributed by atoms with Crippen molar-refractivity contribution in [2.75, 3.05) is 19.0 Å². The van der Waals surface area contributed by atoms with Crippen molar-refractivity contribution in [2.24, 2.45) is 5.92 Å². The molecule has 0 aliphatic carbocycles. The Bertz CT molecular complexity index is 225. The number of rotatable bonds is 16. The summed E-state index contributed by atoms with van der Waals surface area (Å²) in [6, 6.07) is 0. The maximum Gasteiger partial charge on any atom is 0.168 e. The lowest BCUT2D eigenvalue weighted by atomic mass is 9.90. The second kappa shape index (κ2) is 14.8. The van der Waals surface area contributed by atoms with Gasteiger partial charge in [-0.1, -0.05) is 59.3 Å². The van der Waals surface area contributed by atoms with Crippen molar-refractivity contribution in [3.05, 3.63) is 0 Å². The first-order chi connectivity index (χ1) is 10.6. The first-order valence-electron chi connectivity index (χ1n) is 9.53. The van der Waals surface area contributed by atoms with Gasteiger partial charge >= 0.3 is 0 Å². The summed E-state index contributed by atoms with van der Waals surface area (Å²) in [5.41, 5.74) is 0. The summed E-state index contributed by atoms with van der Waals surface area (Å²) in [5.74, 6) is 0.924. The van der Waals surface area contributed by atoms with E-state index in [1.807, 2.05) is 0 Å². The van der Waals surface area contributed by atoms with Crippen LogP contribution in [-0.2, 0) is 9.47 Å². The van der Waals surface area contributed by atoms with Crippen LogP contribution >= 0.6 is 12.6 Å². The Morgan fingerprint density at radius 2 is 1.32 bits per heavy atom. The Kier molecular flexibility index (Phi) is 15.0. The highest BCUT2D eigenvalue weighted by Crippen LogP contribution is 2.32. The lowest BCUT2D eigenvalue weighted by Gasteiger charge is -2.37. The highest BCUT2D eigenvalue weighted by Gasteiger charge is 2.35. The molecule has 0 amide bonds. The molecule has 3 heteroatoms. The third kappa shape index (κ3) is 10.1. The van der Waals surface area contributed by atoms with Crippen LogP contribution in [0.3, 0.4) is 0 Å². The van der Waals surface area contributed by atoms with Crippen molar-refractivity contribution in [3.63, 3.8) is 0 Å². The molecule has 0 saturated heterocycles. The summed E-state index contributed by atoms with van der Waals surface area (Å²) < 4.78 is 12.3. The standard InChI is InChI=1S/C19H40O2S/c1-5-8-9-10-11-12-13-18(14-17-22)19(4,20-15-6-2)21-16-7-3/h18,22H,5-17H2,1-4H3. The van der Waals surface area contributed by atoms with Crippen molar-refractivity contribution in [3.8, 4) is 0 Å². The maximum atomic E-state index is 6.13. The summed E-state index contributed by atoms with van der Waals surface area (Å²) in [6.45, 7) is 10.3. The Morgan fingerprint density at radius 3 is 1.82 bits per heavy atom. The number of thiol groups is 1. The topological polar surface area (TPSA) is 18.5 Å². The average Bonchev–Trinajstić information content (AvgIpc) is 2.53. The molecule has 1 unspecified atom stereocenters. The van der Waals surface area contributed by atoms with Crippen molar-refractivity contribution >= 4 is 12.6 Å². The van der Waals surface area contributed by atoms with Crippen LogP contribution in [0.4, 0.5) is 0 Å². The molecule has 0 aromatic heterocycles. The maximum absolute atomic E-state index is 6.13. The fourth-order valence-corrected chi connectivity index (χ4v) is 3.19. The third-order valence-corrected chi connectivity index (χ3v) is 4.57. The molecule has 0 fully saturated rings. The van der Waals surface area contributed by atoms with Gasteiger partial charge in [0.1, 0.15) is 0 Å². The van der Waals surface area contributed by atoms with E-state index in [9.17, 15) is 0 Å². The molecule has 0 saturated carbocycles. The van der Waals surface area contributed by atoms with Gasteiger partial charge in [0.05, 0.1) is 0 Å². The first-order valence-corrected chi connectivity index (χ1v) is 10.2. The van der Waals surface area contributed by atoms with Crippen LogP contribution < -0.4 is 0 Å². The van der Waals surface area contributed by atoms with Gasteiger partial charge in [0.15, 0.2) is 5.79 Å². The van der Waals surface area contributed by atoms with E-state index in [1.54, 1.807) is 0 Å². The van der Waals surface area contributed by atoms with Crippen LogP contribution in [0.2, 0.25) is 0 Å². The number of hydrogen-bond acceptors (Lipinski definition) is 3. The Hall–Kier alpha value is 0.270. The fraction of sp³-hybridized carbons (Fsp3) is 1.00. The first kappa shape index (κ1) is 22.3. The summed E-state index contributed by atoms with van der Waals surface area (Å²) in [7, 11) is 0. The van der Waals surface area contributed by atoms with Crippen LogP contribution in [0.25, 0.3) is 0 Å². The van der Waals surface area contributed by atoms with Crippen LogP contribution in [0.1, 0.15) is 91.9 Å². The molecule has 0 spiro atoms. The molecule has 22 heavy (non-hydrogen) atoms. The van der Waals surface area contributed by atoms with Crippen molar-refractivity contribution in [2.45, 2.75) is 97.7 Å². The molecule has 0 aromatic carbocycles. The second-order valence-corrected chi connectivity index (χ2v) is 6.93. The van der Waals surface area contributed by atoms with Crippen molar-refractivity contribution < 1.29 is 9.47 Å². The van der Waals surface area contributed by atoms with Gasteiger partial charge in [0.25, 0.3) is 0 Å². The quantitative estimate of drug-likeness (QED) is 0.205. The molecule has 0 aromatic rings. The average molecular weight is 333 g/mol. The van der Waals surface area contributed by atoms with Crippen LogP contribution in [-0.4, -0.2) is 24.8 Å². The van der Waals surface area contributed by atoms with E-state index in [2.05, 4.69) is 40.3 Å². The van der Waals surface area contributed by atoms with Crippen LogP contribution in [0.15, 0.2) is 0 Å². The summed E-state index contributed by atoms with van der Waals surface area (Å²) in [4.78, 5) is 0. The molecular weight excluding hydrogens is 292 g/mol. The van der Waals surface area contributed by atoms with Gasteiger partial charge in [-0.15, -0.1) is 0 Å². The molecule has 0 radical (unpaired) electrons. The molecule has 0 aliphatic rings. The zero-order valence-corrected chi connectivity index (χ0v) is 16.4. The van der Waals surface area contributed by atoms with Crippen molar-refractivity contribution in [1.29, 1.82) is 0 Å². The largest absolute Gasteiger partial charge is 0.350 e. The molecule has 134 valence electrons. The predicted molar refractivity (Wildman–Crippen MR) is 101 cm³/mol. The minimum absolute atomic E-state index is 0.432. The Labute approximate surface area is 145 Å². The SMILES string of the molecule is CCCCCCCCC(CCS)C(C)(OCCC)OCCC. The molecule has 2 nitrogen and oxygen atoms in total. The van der Waals surface area contributed by atoms with E-state index in [0.29, 0.717) is 5.92 Å². The smallest absolute Gasteiger partial charge is 0.168 e. The van der Waals surface area contributed by atoms with E-state index in [4.69, 9.17) is 9.47 Å². The van der Waals surface area contributed by atoms with Crippen LogP contribution in [0.5, 0.6) is 0 Å². The van der Waals surface area contributed by atoms with Gasteiger partial charge in [-0.05, 0) is 38.4 Å². The summed E-state index contributed by atoms with van der Waals surface area (Å²) >= 11 is 4.45. The van der Waals surface area contributed by atoms with E-state index < -0.39 is 5.79 Å². The highest BCUT2D eigenvalue weighted by atomic mass is 32.1. The number of unbranched alkanes of at least 4 members (excludes halogenated alkanes) is 5. The van der Waals surface area contributed by atoms with Crippen LogP contribution in [0, 0.1) is 5.92 Å². The molecule has 0 rings (SSSR count). The molecular formula is C19H40O2S. The summed E-state index contributed by atoms with van der Waals surface area (Å²) in [6.07, 6.45) is 12.4. The summed E-state index contributed by atoms with van der Waals surface area (Å²) in [5, 5.41) is 0. The second-order valence-electron chi connectivity index (χ2n) is 6.48. The van der Waals surface area contributed by atoms with E-state index in [1.165, 1.54) is 44.9 Å². The molecule has 0 bridgehead atoms. The van der Waals surface area contributed by atoms with Gasteiger partial charge in [-0.2, -0.15) is 12.6 Å². The molecule has 1 atom stereocenters. The third-order valence-electron chi connectivity index (χ3n) is 4.31. The van der Waals surface area contributed by atoms with E-state index >= 15 is 0 Å².